The SMILES string of the molecule is NC1=C(n2c3ccccc3c3ccc4oc5ccccc5c4c32)C(c2ccc3c(c2)-c2ccccc2OC3)CC=C1. The lowest BCUT2D eigenvalue weighted by Crippen LogP contribution is -2.17. The number of ether oxygens (including phenoxy) is 1. The Morgan fingerprint density at radius 2 is 1.56 bits per heavy atom. The Morgan fingerprint density at radius 3 is 2.51 bits per heavy atom. The van der Waals surface area contributed by atoms with Crippen molar-refractivity contribution in [2.75, 3.05) is 0 Å². The number of furan rings is 1. The Labute approximate surface area is 236 Å². The van der Waals surface area contributed by atoms with Gasteiger partial charge in [0.1, 0.15) is 23.5 Å². The van der Waals surface area contributed by atoms with Crippen LogP contribution in [0.15, 0.2) is 125 Å². The van der Waals surface area contributed by atoms with Gasteiger partial charge in [0.15, 0.2) is 0 Å². The minimum absolute atomic E-state index is 0.0766. The maximum absolute atomic E-state index is 6.95. The molecule has 3 heterocycles. The zero-order valence-corrected chi connectivity index (χ0v) is 22.3. The summed E-state index contributed by atoms with van der Waals surface area (Å²) in [6, 6.07) is 36.4. The smallest absolute Gasteiger partial charge is 0.137 e. The van der Waals surface area contributed by atoms with Gasteiger partial charge in [-0.05, 0) is 65.6 Å². The van der Waals surface area contributed by atoms with Crippen LogP contribution in [0, 0.1) is 0 Å². The van der Waals surface area contributed by atoms with Crippen molar-refractivity contribution in [3.63, 3.8) is 0 Å². The number of hydrogen-bond acceptors (Lipinski definition) is 3. The Bertz CT molecular complexity index is 2260. The molecule has 41 heavy (non-hydrogen) atoms. The highest BCUT2D eigenvalue weighted by atomic mass is 16.5. The third kappa shape index (κ3) is 3.16. The molecule has 0 bridgehead atoms. The molecule has 2 aliphatic rings. The number of nitrogens with two attached hydrogens (primary N) is 1. The molecule has 0 spiro atoms. The summed E-state index contributed by atoms with van der Waals surface area (Å²) in [6.07, 6.45) is 5.14. The first-order valence-electron chi connectivity index (χ1n) is 14.1. The van der Waals surface area contributed by atoms with Crippen molar-refractivity contribution in [1.82, 2.24) is 4.57 Å². The zero-order chi connectivity index (χ0) is 27.1. The van der Waals surface area contributed by atoms with E-state index in [1.807, 2.05) is 18.2 Å². The quantitative estimate of drug-likeness (QED) is 0.242. The normalized spacial score (nSPS) is 16.4. The lowest BCUT2D eigenvalue weighted by atomic mass is 9.84. The fourth-order valence-electron chi connectivity index (χ4n) is 6.98. The number of allylic oxidation sites excluding steroid dienone is 3. The van der Waals surface area contributed by atoms with Gasteiger partial charge in [-0.25, -0.2) is 0 Å². The molecule has 7 aromatic rings. The second-order valence-corrected chi connectivity index (χ2v) is 11.0. The number of aromatic nitrogens is 1. The van der Waals surface area contributed by atoms with Crippen LogP contribution in [-0.4, -0.2) is 4.57 Å². The molecule has 9 rings (SSSR count). The number of rotatable bonds is 2. The van der Waals surface area contributed by atoms with E-state index in [2.05, 4.69) is 102 Å². The molecule has 0 amide bonds. The minimum Gasteiger partial charge on any atom is -0.488 e. The van der Waals surface area contributed by atoms with Crippen LogP contribution in [-0.2, 0) is 6.61 Å². The third-order valence-corrected chi connectivity index (χ3v) is 8.81. The molecule has 1 unspecified atom stereocenters. The van der Waals surface area contributed by atoms with Gasteiger partial charge in [-0.1, -0.05) is 72.8 Å². The molecule has 0 radical (unpaired) electrons. The van der Waals surface area contributed by atoms with Crippen LogP contribution < -0.4 is 10.5 Å². The molecule has 196 valence electrons. The van der Waals surface area contributed by atoms with Gasteiger partial charge < -0.3 is 19.5 Å². The first kappa shape index (κ1) is 22.6. The van der Waals surface area contributed by atoms with E-state index >= 15 is 0 Å². The Morgan fingerprint density at radius 1 is 0.732 bits per heavy atom. The van der Waals surface area contributed by atoms with E-state index in [9.17, 15) is 0 Å². The van der Waals surface area contributed by atoms with E-state index in [1.54, 1.807) is 0 Å². The van der Waals surface area contributed by atoms with Crippen LogP contribution in [0.1, 0.15) is 23.5 Å². The second-order valence-electron chi connectivity index (χ2n) is 11.0. The summed E-state index contributed by atoms with van der Waals surface area (Å²) in [5.41, 5.74) is 17.8. The van der Waals surface area contributed by atoms with Gasteiger partial charge in [0.2, 0.25) is 0 Å². The summed E-state index contributed by atoms with van der Waals surface area (Å²) in [6.45, 7) is 0.584. The Kier molecular flexibility index (Phi) is 4.62. The first-order valence-corrected chi connectivity index (χ1v) is 14.1. The molecule has 4 heteroatoms. The maximum Gasteiger partial charge on any atom is 0.137 e. The highest BCUT2D eigenvalue weighted by molar-refractivity contribution is 6.25. The maximum atomic E-state index is 6.95. The molecule has 0 saturated heterocycles. The van der Waals surface area contributed by atoms with E-state index < -0.39 is 0 Å². The fraction of sp³-hybridized carbons (Fsp3) is 0.0811. The Hall–Kier alpha value is -5.22. The summed E-state index contributed by atoms with van der Waals surface area (Å²) in [5, 5.41) is 4.65. The van der Waals surface area contributed by atoms with Crippen molar-refractivity contribution in [3.8, 4) is 16.9 Å². The molecule has 0 saturated carbocycles. The van der Waals surface area contributed by atoms with Crippen molar-refractivity contribution in [3.05, 3.63) is 132 Å². The molecular weight excluding hydrogens is 504 g/mol. The van der Waals surface area contributed by atoms with Crippen molar-refractivity contribution in [2.24, 2.45) is 5.73 Å². The molecule has 2 N–H and O–H groups in total. The largest absolute Gasteiger partial charge is 0.488 e. The number of benzene rings is 5. The monoisotopic (exact) mass is 530 g/mol. The molecule has 4 nitrogen and oxygen atoms in total. The highest BCUT2D eigenvalue weighted by Crippen LogP contribution is 2.47. The summed E-state index contributed by atoms with van der Waals surface area (Å²) >= 11 is 0. The number of para-hydroxylation sites is 3. The summed E-state index contributed by atoms with van der Waals surface area (Å²) in [4.78, 5) is 0. The highest BCUT2D eigenvalue weighted by Gasteiger charge is 2.29. The van der Waals surface area contributed by atoms with E-state index in [0.717, 1.165) is 62.1 Å². The lowest BCUT2D eigenvalue weighted by Gasteiger charge is -2.28. The summed E-state index contributed by atoms with van der Waals surface area (Å²) in [7, 11) is 0. The van der Waals surface area contributed by atoms with E-state index in [0.29, 0.717) is 6.61 Å². The van der Waals surface area contributed by atoms with Crippen LogP contribution in [0.25, 0.3) is 60.6 Å². The molecular formula is C37H26N2O2. The molecule has 2 aromatic heterocycles. The summed E-state index contributed by atoms with van der Waals surface area (Å²) in [5.74, 6) is 1.01. The standard InChI is InChI=1S/C37H26N2O2/c38-30-12-7-11-24(22-16-17-23-21-40-32-14-5-2-9-26(32)29(23)20-22)36(30)39-31-13-4-1-8-25(31)27-18-19-34-35(37(27)39)28-10-3-6-15-33(28)41-34/h1-10,12-20,24H,11,21,38H2. The van der Waals surface area contributed by atoms with Crippen molar-refractivity contribution in [2.45, 2.75) is 18.9 Å². The van der Waals surface area contributed by atoms with Crippen molar-refractivity contribution >= 4 is 49.4 Å². The van der Waals surface area contributed by atoms with Crippen LogP contribution in [0.3, 0.4) is 0 Å². The third-order valence-electron chi connectivity index (χ3n) is 8.81. The van der Waals surface area contributed by atoms with Gasteiger partial charge in [-0.3, -0.25) is 0 Å². The van der Waals surface area contributed by atoms with Crippen LogP contribution in [0.5, 0.6) is 5.75 Å². The van der Waals surface area contributed by atoms with E-state index in [1.165, 1.54) is 27.5 Å². The predicted octanol–water partition coefficient (Wildman–Crippen LogP) is 9.12. The van der Waals surface area contributed by atoms with Gasteiger partial charge in [-0.15, -0.1) is 0 Å². The lowest BCUT2D eigenvalue weighted by molar-refractivity contribution is 0.302. The van der Waals surface area contributed by atoms with Gasteiger partial charge in [0.05, 0.1) is 27.8 Å². The average molecular weight is 531 g/mol. The predicted molar refractivity (Wildman–Crippen MR) is 167 cm³/mol. The second kappa shape index (κ2) is 8.39. The van der Waals surface area contributed by atoms with Crippen molar-refractivity contribution < 1.29 is 9.15 Å². The van der Waals surface area contributed by atoms with Crippen molar-refractivity contribution in [1.29, 1.82) is 0 Å². The van der Waals surface area contributed by atoms with Crippen LogP contribution in [0.4, 0.5) is 0 Å². The number of hydrogen-bond donors (Lipinski definition) is 1. The van der Waals surface area contributed by atoms with E-state index in [-0.39, 0.29) is 5.92 Å². The number of nitrogens with zero attached hydrogens (tertiary/aromatic N) is 1. The average Bonchev–Trinajstić information content (AvgIpc) is 3.56. The fourth-order valence-corrected chi connectivity index (χ4v) is 6.98. The van der Waals surface area contributed by atoms with Crippen LogP contribution >= 0.6 is 0 Å². The first-order chi connectivity index (χ1) is 20.3. The van der Waals surface area contributed by atoms with Gasteiger partial charge >= 0.3 is 0 Å². The molecule has 0 fully saturated rings. The Balaban J connectivity index is 1.35. The zero-order valence-electron chi connectivity index (χ0n) is 22.3. The summed E-state index contributed by atoms with van der Waals surface area (Å²) < 4.78 is 14.8. The number of fused-ring (bicyclic) bond motifs is 10. The van der Waals surface area contributed by atoms with Gasteiger partial charge in [-0.2, -0.15) is 0 Å². The molecule has 5 aromatic carbocycles. The topological polar surface area (TPSA) is 53.3 Å². The minimum atomic E-state index is 0.0766. The van der Waals surface area contributed by atoms with Gasteiger partial charge in [0, 0.05) is 27.6 Å². The molecule has 1 atom stereocenters. The van der Waals surface area contributed by atoms with E-state index in [4.69, 9.17) is 14.9 Å². The van der Waals surface area contributed by atoms with Crippen LogP contribution in [0.2, 0.25) is 0 Å². The van der Waals surface area contributed by atoms with Gasteiger partial charge in [0.25, 0.3) is 0 Å². The molecule has 1 aliphatic heterocycles. The molecule has 1 aliphatic carbocycles.